The van der Waals surface area contributed by atoms with Crippen LogP contribution in [0, 0.1) is 6.92 Å². The summed E-state index contributed by atoms with van der Waals surface area (Å²) in [6.45, 7) is 4.14. The molecule has 1 aliphatic rings. The fourth-order valence-corrected chi connectivity index (χ4v) is 2.62. The van der Waals surface area contributed by atoms with Gasteiger partial charge >= 0.3 is 0 Å². The molecule has 0 bridgehead atoms. The van der Waals surface area contributed by atoms with Gasteiger partial charge in [0.1, 0.15) is 6.29 Å². The Balaban J connectivity index is 2.27. The van der Waals surface area contributed by atoms with Crippen LogP contribution >= 0.6 is 15.9 Å². The molecule has 1 saturated heterocycles. The Bertz CT molecular complexity index is 400. The smallest absolute Gasteiger partial charge is 0.132 e. The molecule has 0 atom stereocenters. The molecule has 94 valence electrons. The monoisotopic (exact) mass is 298 g/mol. The van der Waals surface area contributed by atoms with Gasteiger partial charge in [0.15, 0.2) is 0 Å². The quantitative estimate of drug-likeness (QED) is 0.794. The number of anilines is 2. The maximum atomic E-state index is 3.60. The zero-order chi connectivity index (χ0) is 12.4. The highest BCUT2D eigenvalue weighted by Gasteiger charge is 2.16. The molecular formula is C12H19BrN4. The second-order valence-electron chi connectivity index (χ2n) is 4.45. The lowest BCUT2D eigenvalue weighted by Crippen LogP contribution is -2.39. The van der Waals surface area contributed by atoms with E-state index in [1.54, 1.807) is 0 Å². The van der Waals surface area contributed by atoms with Crippen LogP contribution < -0.4 is 20.9 Å². The maximum Gasteiger partial charge on any atom is 0.132 e. The van der Waals surface area contributed by atoms with Gasteiger partial charge in [-0.25, -0.2) is 0 Å². The van der Waals surface area contributed by atoms with Gasteiger partial charge in [-0.15, -0.1) is 0 Å². The predicted octanol–water partition coefficient (Wildman–Crippen LogP) is 1.71. The zero-order valence-electron chi connectivity index (χ0n) is 10.5. The number of rotatable bonds is 3. The van der Waals surface area contributed by atoms with Crippen LogP contribution in [0.25, 0.3) is 0 Å². The fraction of sp³-hybridized carbons (Fsp3) is 0.500. The molecule has 0 aromatic heterocycles. The van der Waals surface area contributed by atoms with Gasteiger partial charge in [0, 0.05) is 37.3 Å². The number of nitrogens with zero attached hydrogens (tertiary/aromatic N) is 1. The molecule has 0 spiro atoms. The Kier molecular flexibility index (Phi) is 3.91. The first-order valence-corrected chi connectivity index (χ1v) is 6.58. The van der Waals surface area contributed by atoms with Crippen molar-refractivity contribution in [3.63, 3.8) is 0 Å². The minimum absolute atomic E-state index is 0.155. The van der Waals surface area contributed by atoms with E-state index in [4.69, 9.17) is 0 Å². The van der Waals surface area contributed by atoms with Crippen molar-refractivity contribution in [3.8, 4) is 0 Å². The molecule has 3 N–H and O–H groups in total. The van der Waals surface area contributed by atoms with Crippen molar-refractivity contribution in [2.45, 2.75) is 13.2 Å². The molecule has 0 saturated carbocycles. The summed E-state index contributed by atoms with van der Waals surface area (Å²) in [5.41, 5.74) is 3.62. The van der Waals surface area contributed by atoms with Crippen molar-refractivity contribution in [1.29, 1.82) is 0 Å². The first kappa shape index (κ1) is 12.7. The van der Waals surface area contributed by atoms with Crippen LogP contribution in [0.3, 0.4) is 0 Å². The molecule has 4 nitrogen and oxygen atoms in total. The van der Waals surface area contributed by atoms with Gasteiger partial charge in [-0.3, -0.25) is 10.6 Å². The molecule has 0 aliphatic carbocycles. The topological polar surface area (TPSA) is 39.3 Å². The number of nitrogens with one attached hydrogen (secondary N) is 3. The van der Waals surface area contributed by atoms with Gasteiger partial charge in [0.2, 0.25) is 0 Å². The number of benzene rings is 1. The van der Waals surface area contributed by atoms with Gasteiger partial charge in [-0.2, -0.15) is 0 Å². The summed E-state index contributed by atoms with van der Waals surface area (Å²) in [6.07, 6.45) is 0.155. The first-order valence-electron chi connectivity index (χ1n) is 5.79. The van der Waals surface area contributed by atoms with E-state index in [1.807, 2.05) is 0 Å². The first-order chi connectivity index (χ1) is 8.09. The molecule has 2 rings (SSSR count). The van der Waals surface area contributed by atoms with Gasteiger partial charge in [0.25, 0.3) is 0 Å². The summed E-state index contributed by atoms with van der Waals surface area (Å²) in [4.78, 5) is 2.13. The Morgan fingerprint density at radius 2 is 1.94 bits per heavy atom. The third kappa shape index (κ3) is 2.73. The lowest BCUT2D eigenvalue weighted by molar-refractivity contribution is 0.619. The van der Waals surface area contributed by atoms with Crippen LogP contribution in [0.2, 0.25) is 0 Å². The Labute approximate surface area is 111 Å². The zero-order valence-corrected chi connectivity index (χ0v) is 12.1. The number of hydrogen-bond donors (Lipinski definition) is 3. The molecule has 0 amide bonds. The van der Waals surface area contributed by atoms with E-state index in [-0.39, 0.29) is 6.29 Å². The van der Waals surface area contributed by atoms with E-state index in [9.17, 15) is 0 Å². The summed E-state index contributed by atoms with van der Waals surface area (Å²) in [5, 5.41) is 10.2. The van der Waals surface area contributed by atoms with E-state index in [0.29, 0.717) is 0 Å². The van der Waals surface area contributed by atoms with Crippen molar-refractivity contribution in [2.75, 3.05) is 37.4 Å². The minimum Gasteiger partial charge on any atom is -0.377 e. The van der Waals surface area contributed by atoms with Crippen molar-refractivity contribution in [1.82, 2.24) is 10.6 Å². The fourth-order valence-electron chi connectivity index (χ4n) is 2.08. The molecule has 1 aromatic carbocycles. The molecular weight excluding hydrogens is 280 g/mol. The molecule has 0 unspecified atom stereocenters. The van der Waals surface area contributed by atoms with Gasteiger partial charge in [-0.05, 0) is 40.5 Å². The van der Waals surface area contributed by atoms with E-state index in [0.717, 1.165) is 23.2 Å². The summed E-state index contributed by atoms with van der Waals surface area (Å²) in [7, 11) is 4.12. The third-order valence-electron chi connectivity index (χ3n) is 2.98. The van der Waals surface area contributed by atoms with E-state index in [2.05, 4.69) is 69.9 Å². The summed E-state index contributed by atoms with van der Waals surface area (Å²) in [6, 6.07) is 4.21. The predicted molar refractivity (Wildman–Crippen MR) is 76.6 cm³/mol. The lowest BCUT2D eigenvalue weighted by atomic mass is 10.1. The molecule has 1 fully saturated rings. The molecule has 1 heterocycles. The molecule has 5 heteroatoms. The summed E-state index contributed by atoms with van der Waals surface area (Å²) >= 11 is 3.60. The lowest BCUT2D eigenvalue weighted by Gasteiger charge is -2.22. The van der Waals surface area contributed by atoms with Crippen LogP contribution in [0.1, 0.15) is 5.56 Å². The molecule has 0 radical (unpaired) electrons. The Morgan fingerprint density at radius 3 is 2.53 bits per heavy atom. The van der Waals surface area contributed by atoms with Crippen molar-refractivity contribution in [3.05, 3.63) is 22.2 Å². The van der Waals surface area contributed by atoms with Gasteiger partial charge in [-0.1, -0.05) is 0 Å². The Morgan fingerprint density at radius 1 is 1.29 bits per heavy atom. The average Bonchev–Trinajstić information content (AvgIpc) is 2.76. The third-order valence-corrected chi connectivity index (χ3v) is 3.64. The van der Waals surface area contributed by atoms with Crippen LogP contribution in [-0.4, -0.2) is 33.5 Å². The number of halogens is 1. The maximum absolute atomic E-state index is 3.60. The van der Waals surface area contributed by atoms with E-state index in [1.165, 1.54) is 11.3 Å². The van der Waals surface area contributed by atoms with Crippen molar-refractivity contribution < 1.29 is 0 Å². The van der Waals surface area contributed by atoms with E-state index >= 15 is 0 Å². The largest absolute Gasteiger partial charge is 0.377 e. The van der Waals surface area contributed by atoms with Crippen LogP contribution in [-0.2, 0) is 0 Å². The SMILES string of the molecule is Cc1c(N(C)C)ccc(Br)c1NC1NCCN1. The van der Waals surface area contributed by atoms with Crippen LogP contribution in [0.5, 0.6) is 0 Å². The summed E-state index contributed by atoms with van der Waals surface area (Å²) < 4.78 is 1.09. The highest BCUT2D eigenvalue weighted by molar-refractivity contribution is 9.10. The molecule has 17 heavy (non-hydrogen) atoms. The van der Waals surface area contributed by atoms with Crippen molar-refractivity contribution >= 4 is 27.3 Å². The second-order valence-corrected chi connectivity index (χ2v) is 5.30. The van der Waals surface area contributed by atoms with Gasteiger partial charge < -0.3 is 10.2 Å². The second kappa shape index (κ2) is 5.25. The normalized spacial score (nSPS) is 16.2. The van der Waals surface area contributed by atoms with Gasteiger partial charge in [0.05, 0.1) is 5.69 Å². The standard InChI is InChI=1S/C12H19BrN4/c1-8-10(17(2)3)5-4-9(13)11(8)16-12-14-6-7-15-12/h4-5,12,14-16H,6-7H2,1-3H3. The highest BCUT2D eigenvalue weighted by atomic mass is 79.9. The highest BCUT2D eigenvalue weighted by Crippen LogP contribution is 2.33. The Hall–Kier alpha value is -0.780. The minimum atomic E-state index is 0.155. The van der Waals surface area contributed by atoms with Crippen LogP contribution in [0.4, 0.5) is 11.4 Å². The summed E-state index contributed by atoms with van der Waals surface area (Å²) in [5.74, 6) is 0. The van der Waals surface area contributed by atoms with Crippen molar-refractivity contribution in [2.24, 2.45) is 0 Å². The van der Waals surface area contributed by atoms with Crippen LogP contribution in [0.15, 0.2) is 16.6 Å². The van der Waals surface area contributed by atoms with E-state index < -0.39 is 0 Å². The average molecular weight is 299 g/mol. The molecule has 1 aliphatic heterocycles. The number of hydrogen-bond acceptors (Lipinski definition) is 4. The molecule has 1 aromatic rings.